The zero-order valence-corrected chi connectivity index (χ0v) is 9.98. The van der Waals surface area contributed by atoms with Crippen molar-refractivity contribution in [3.8, 4) is 6.07 Å². The third-order valence-electron chi connectivity index (χ3n) is 4.13. The van der Waals surface area contributed by atoms with E-state index in [4.69, 9.17) is 4.74 Å². The lowest BCUT2D eigenvalue weighted by molar-refractivity contribution is -0.000512. The van der Waals surface area contributed by atoms with E-state index in [1.54, 1.807) is 0 Å². The Bertz CT molecular complexity index is 286. The summed E-state index contributed by atoms with van der Waals surface area (Å²) >= 11 is 0. The number of ether oxygens (including phenoxy) is 1. The quantitative estimate of drug-likeness (QED) is 0.728. The Hall–Kier alpha value is -0.590. The van der Waals surface area contributed by atoms with Gasteiger partial charge in [-0.2, -0.15) is 5.26 Å². The summed E-state index contributed by atoms with van der Waals surface area (Å²) in [7, 11) is 0. The molecular weight excluding hydrogens is 202 g/mol. The van der Waals surface area contributed by atoms with Crippen LogP contribution >= 0.6 is 0 Å². The first-order valence-electron chi connectivity index (χ1n) is 6.47. The van der Waals surface area contributed by atoms with Crippen molar-refractivity contribution in [3.63, 3.8) is 0 Å². The molecule has 16 heavy (non-hydrogen) atoms. The van der Waals surface area contributed by atoms with Gasteiger partial charge < -0.3 is 9.84 Å². The van der Waals surface area contributed by atoms with E-state index in [-0.39, 0.29) is 12.2 Å². The molecule has 0 aliphatic carbocycles. The topological polar surface area (TPSA) is 53.2 Å². The van der Waals surface area contributed by atoms with Crippen molar-refractivity contribution < 1.29 is 9.84 Å². The average molecular weight is 223 g/mol. The molecule has 2 aliphatic heterocycles. The maximum Gasteiger partial charge on any atom is 0.112 e. The number of nitrogens with zero attached hydrogens (tertiary/aromatic N) is 1. The number of hydrogen-bond acceptors (Lipinski definition) is 3. The van der Waals surface area contributed by atoms with E-state index in [9.17, 15) is 10.4 Å². The van der Waals surface area contributed by atoms with Crippen LogP contribution in [0, 0.1) is 16.7 Å². The Kier molecular flexibility index (Phi) is 3.51. The number of fused-ring (bicyclic) bond motifs is 2. The fraction of sp³-hybridized carbons (Fsp3) is 0.923. The van der Waals surface area contributed by atoms with Gasteiger partial charge in [-0.15, -0.1) is 0 Å². The first-order valence-corrected chi connectivity index (χ1v) is 6.47. The first kappa shape index (κ1) is 11.9. The molecule has 0 radical (unpaired) electrons. The first-order chi connectivity index (χ1) is 7.73. The van der Waals surface area contributed by atoms with Crippen LogP contribution in [0.1, 0.15) is 51.9 Å². The molecule has 0 saturated carbocycles. The highest BCUT2D eigenvalue weighted by atomic mass is 16.5. The lowest BCUT2D eigenvalue weighted by Gasteiger charge is -2.33. The predicted octanol–water partition coefficient (Wildman–Crippen LogP) is 2.39. The van der Waals surface area contributed by atoms with E-state index >= 15 is 0 Å². The molecule has 0 spiro atoms. The number of nitriles is 1. The van der Waals surface area contributed by atoms with Gasteiger partial charge in [0.1, 0.15) is 5.41 Å². The van der Waals surface area contributed by atoms with Crippen LogP contribution < -0.4 is 0 Å². The van der Waals surface area contributed by atoms with Gasteiger partial charge in [-0.05, 0) is 25.7 Å². The number of rotatable bonds is 5. The molecule has 0 aromatic carbocycles. The zero-order valence-electron chi connectivity index (χ0n) is 9.98. The molecule has 0 amide bonds. The zero-order chi connectivity index (χ0) is 11.6. The monoisotopic (exact) mass is 223 g/mol. The molecule has 3 nitrogen and oxygen atoms in total. The molecular formula is C13H21NO2. The molecule has 2 heterocycles. The summed E-state index contributed by atoms with van der Waals surface area (Å²) in [6.45, 7) is 2.15. The van der Waals surface area contributed by atoms with Crippen molar-refractivity contribution in [1.82, 2.24) is 0 Å². The van der Waals surface area contributed by atoms with Crippen LogP contribution in [0.2, 0.25) is 0 Å². The highest BCUT2D eigenvalue weighted by Gasteiger charge is 2.56. The predicted molar refractivity (Wildman–Crippen MR) is 60.7 cm³/mol. The largest absolute Gasteiger partial charge is 0.391 e. The average Bonchev–Trinajstić information content (AvgIpc) is 2.89. The molecule has 1 N–H and O–H groups in total. The van der Waals surface area contributed by atoms with Gasteiger partial charge in [-0.25, -0.2) is 0 Å². The standard InChI is InChI=1S/C13H21NO2/c1-2-3-4-5-11(15)13(9-14)8-10-6-7-12(13)16-10/h10-12,15H,2-8H2,1H3. The van der Waals surface area contributed by atoms with E-state index in [1.807, 2.05) is 0 Å². The minimum absolute atomic E-state index is 0.0147. The third kappa shape index (κ3) is 1.85. The molecule has 0 aromatic heterocycles. The molecule has 2 aliphatic rings. The molecule has 2 rings (SSSR count). The lowest BCUT2D eigenvalue weighted by atomic mass is 9.70. The van der Waals surface area contributed by atoms with Crippen molar-refractivity contribution in [3.05, 3.63) is 0 Å². The van der Waals surface area contributed by atoms with E-state index in [0.717, 1.165) is 44.9 Å². The molecule has 2 fully saturated rings. The minimum Gasteiger partial charge on any atom is -0.391 e. The summed E-state index contributed by atoms with van der Waals surface area (Å²) < 4.78 is 5.72. The highest BCUT2D eigenvalue weighted by molar-refractivity contribution is 5.15. The molecule has 2 bridgehead atoms. The summed E-state index contributed by atoms with van der Waals surface area (Å²) in [5, 5.41) is 19.6. The van der Waals surface area contributed by atoms with Crippen LogP contribution in [0.5, 0.6) is 0 Å². The Balaban J connectivity index is 1.97. The van der Waals surface area contributed by atoms with Crippen molar-refractivity contribution >= 4 is 0 Å². The molecule has 2 saturated heterocycles. The van der Waals surface area contributed by atoms with Crippen molar-refractivity contribution in [2.45, 2.75) is 70.2 Å². The fourth-order valence-corrected chi connectivity index (χ4v) is 3.13. The summed E-state index contributed by atoms with van der Waals surface area (Å²) in [6.07, 6.45) is 6.50. The molecule has 90 valence electrons. The summed E-state index contributed by atoms with van der Waals surface area (Å²) in [6, 6.07) is 2.36. The summed E-state index contributed by atoms with van der Waals surface area (Å²) in [5.74, 6) is 0. The number of aliphatic hydroxyl groups excluding tert-OH is 1. The molecule has 0 aromatic rings. The summed E-state index contributed by atoms with van der Waals surface area (Å²) in [5.41, 5.74) is -0.601. The molecule has 4 unspecified atom stereocenters. The molecule has 3 heteroatoms. The van der Waals surface area contributed by atoms with Crippen molar-refractivity contribution in [2.75, 3.05) is 0 Å². The maximum atomic E-state index is 10.2. The van der Waals surface area contributed by atoms with Crippen LogP contribution in [-0.2, 0) is 4.74 Å². The Labute approximate surface area is 97.4 Å². The fourth-order valence-electron chi connectivity index (χ4n) is 3.13. The Morgan fingerprint density at radius 2 is 2.31 bits per heavy atom. The van der Waals surface area contributed by atoms with Crippen LogP contribution in [0.4, 0.5) is 0 Å². The van der Waals surface area contributed by atoms with E-state index in [0.29, 0.717) is 0 Å². The number of hydrogen-bond donors (Lipinski definition) is 1. The van der Waals surface area contributed by atoms with E-state index in [2.05, 4.69) is 13.0 Å². The van der Waals surface area contributed by atoms with Crippen molar-refractivity contribution in [1.29, 1.82) is 5.26 Å². The Morgan fingerprint density at radius 1 is 1.50 bits per heavy atom. The van der Waals surface area contributed by atoms with E-state index < -0.39 is 11.5 Å². The van der Waals surface area contributed by atoms with E-state index in [1.165, 1.54) is 0 Å². The van der Waals surface area contributed by atoms with Gasteiger partial charge in [0, 0.05) is 0 Å². The molecule has 4 atom stereocenters. The van der Waals surface area contributed by atoms with Gasteiger partial charge >= 0.3 is 0 Å². The lowest BCUT2D eigenvalue weighted by Crippen LogP contribution is -2.42. The van der Waals surface area contributed by atoms with Crippen LogP contribution in [0.15, 0.2) is 0 Å². The van der Waals surface area contributed by atoms with Crippen LogP contribution in [0.3, 0.4) is 0 Å². The van der Waals surface area contributed by atoms with Gasteiger partial charge in [-0.3, -0.25) is 0 Å². The van der Waals surface area contributed by atoms with Gasteiger partial charge in [-0.1, -0.05) is 26.2 Å². The van der Waals surface area contributed by atoms with Gasteiger partial charge in [0.05, 0.1) is 24.4 Å². The smallest absolute Gasteiger partial charge is 0.112 e. The number of unbranched alkanes of at least 4 members (excludes halogenated alkanes) is 2. The van der Waals surface area contributed by atoms with Crippen LogP contribution in [0.25, 0.3) is 0 Å². The van der Waals surface area contributed by atoms with Crippen LogP contribution in [-0.4, -0.2) is 23.4 Å². The van der Waals surface area contributed by atoms with Crippen molar-refractivity contribution in [2.24, 2.45) is 5.41 Å². The maximum absolute atomic E-state index is 10.2. The SMILES string of the molecule is CCCCCC(O)C1(C#N)CC2CCC1O2. The second-order valence-electron chi connectivity index (χ2n) is 5.19. The van der Waals surface area contributed by atoms with Gasteiger partial charge in [0.2, 0.25) is 0 Å². The second-order valence-corrected chi connectivity index (χ2v) is 5.19. The summed E-state index contributed by atoms with van der Waals surface area (Å²) in [4.78, 5) is 0. The highest BCUT2D eigenvalue weighted by Crippen LogP contribution is 2.50. The number of aliphatic hydroxyl groups is 1. The Morgan fingerprint density at radius 3 is 2.81 bits per heavy atom. The minimum atomic E-state index is -0.601. The third-order valence-corrected chi connectivity index (χ3v) is 4.13. The second kappa shape index (κ2) is 4.73. The van der Waals surface area contributed by atoms with Gasteiger partial charge in [0.25, 0.3) is 0 Å². The van der Waals surface area contributed by atoms with Gasteiger partial charge in [0.15, 0.2) is 0 Å². The normalized spacial score (nSPS) is 38.6.